The van der Waals surface area contributed by atoms with Crippen molar-refractivity contribution >= 4 is 29.4 Å². The highest BCUT2D eigenvalue weighted by molar-refractivity contribution is 6.07. The van der Waals surface area contributed by atoms with E-state index in [0.717, 1.165) is 9.80 Å². The van der Waals surface area contributed by atoms with Gasteiger partial charge in [-0.1, -0.05) is 5.22 Å². The summed E-state index contributed by atoms with van der Waals surface area (Å²) in [5, 5.41) is 9.35. The molecule has 2 rings (SSSR count). The second kappa shape index (κ2) is 8.88. The molecule has 1 fully saturated rings. The van der Waals surface area contributed by atoms with Crippen LogP contribution in [0.25, 0.3) is 0 Å². The minimum absolute atomic E-state index is 0.157. The normalized spacial score (nSPS) is 14.6. The number of ether oxygens (including phenoxy) is 1. The maximum absolute atomic E-state index is 12.5. The van der Waals surface area contributed by atoms with Crippen LogP contribution >= 0.6 is 0 Å². The molecule has 3 amide bonds. The third-order valence-electron chi connectivity index (χ3n) is 3.59. The average Bonchev–Trinajstić information content (AvgIpc) is 2.63. The molecule has 10 nitrogen and oxygen atoms in total. The number of hydrogen-bond donors (Lipinski definition) is 0. The van der Waals surface area contributed by atoms with Crippen molar-refractivity contribution in [1.29, 1.82) is 0 Å². The summed E-state index contributed by atoms with van der Waals surface area (Å²) >= 11 is 0. The van der Waals surface area contributed by atoms with Crippen molar-refractivity contribution < 1.29 is 23.9 Å². The summed E-state index contributed by atoms with van der Waals surface area (Å²) in [7, 11) is 3.47. The fourth-order valence-corrected chi connectivity index (χ4v) is 2.34. The Hall–Kier alpha value is -3.30. The van der Waals surface area contributed by atoms with Crippen LogP contribution < -0.4 is 0 Å². The number of amides is 3. The van der Waals surface area contributed by atoms with E-state index in [1.165, 1.54) is 5.01 Å². The first-order chi connectivity index (χ1) is 12.8. The predicted molar refractivity (Wildman–Crippen MR) is 93.9 cm³/mol. The predicted octanol–water partition coefficient (Wildman–Crippen LogP) is 0.621. The van der Waals surface area contributed by atoms with Crippen LogP contribution in [-0.4, -0.2) is 78.8 Å². The summed E-state index contributed by atoms with van der Waals surface area (Å²) in [6.07, 6.45) is 0. The number of carbonyl (C=O) groups is 4. The Morgan fingerprint density at radius 2 is 1.70 bits per heavy atom. The lowest BCUT2D eigenvalue weighted by Gasteiger charge is -2.32. The molecular formula is C17H21N5O5. The van der Waals surface area contributed by atoms with E-state index in [1.54, 1.807) is 45.3 Å². The molecule has 1 aromatic rings. The zero-order valence-electron chi connectivity index (χ0n) is 15.4. The summed E-state index contributed by atoms with van der Waals surface area (Å²) in [5.74, 6) is -2.36. The number of hydrogen-bond acceptors (Lipinski definition) is 7. The van der Waals surface area contributed by atoms with Crippen LogP contribution in [-0.2, 0) is 19.1 Å². The largest absolute Gasteiger partial charge is 0.465 e. The van der Waals surface area contributed by atoms with E-state index >= 15 is 0 Å². The molecule has 0 aromatic heterocycles. The molecule has 0 unspecified atom stereocenters. The maximum atomic E-state index is 12.5. The Kier molecular flexibility index (Phi) is 6.58. The van der Waals surface area contributed by atoms with Crippen molar-refractivity contribution in [3.8, 4) is 0 Å². The number of carbonyl (C=O) groups excluding carboxylic acids is 4. The fraction of sp³-hybridized carbons (Fsp3) is 0.412. The van der Waals surface area contributed by atoms with Crippen molar-refractivity contribution in [2.75, 3.05) is 40.3 Å². The highest BCUT2D eigenvalue weighted by atomic mass is 16.5. The molecule has 0 aliphatic carbocycles. The minimum atomic E-state index is -0.665. The molecule has 0 spiro atoms. The lowest BCUT2D eigenvalue weighted by Crippen LogP contribution is -2.56. The Morgan fingerprint density at radius 3 is 2.22 bits per heavy atom. The van der Waals surface area contributed by atoms with Crippen LogP contribution in [0.2, 0.25) is 0 Å². The van der Waals surface area contributed by atoms with Crippen molar-refractivity contribution in [3.05, 3.63) is 29.8 Å². The highest BCUT2D eigenvalue weighted by Gasteiger charge is 2.35. The maximum Gasteiger partial charge on any atom is 0.326 e. The van der Waals surface area contributed by atoms with E-state index in [1.807, 2.05) is 0 Å². The molecule has 1 heterocycles. The molecule has 0 radical (unpaired) electrons. The van der Waals surface area contributed by atoms with E-state index in [2.05, 4.69) is 10.3 Å². The molecule has 0 bridgehead atoms. The lowest BCUT2D eigenvalue weighted by molar-refractivity contribution is -0.158. The third kappa shape index (κ3) is 5.33. The number of rotatable bonds is 6. The number of nitrogens with zero attached hydrogens (tertiary/aromatic N) is 5. The van der Waals surface area contributed by atoms with Crippen molar-refractivity contribution in [2.45, 2.75) is 6.92 Å². The summed E-state index contributed by atoms with van der Waals surface area (Å²) < 4.78 is 4.75. The molecule has 27 heavy (non-hydrogen) atoms. The second-order valence-corrected chi connectivity index (χ2v) is 5.92. The van der Waals surface area contributed by atoms with E-state index < -0.39 is 30.2 Å². The molecule has 1 aliphatic rings. The molecule has 10 heteroatoms. The van der Waals surface area contributed by atoms with Gasteiger partial charge < -0.3 is 9.64 Å². The second-order valence-electron chi connectivity index (χ2n) is 5.92. The molecular weight excluding hydrogens is 354 g/mol. The molecule has 1 aromatic carbocycles. The SMILES string of the molecule is CCOC(=O)CN1C(=O)CN(C(=O)c2ccc(N=NN(C)C)cc2)CC1=O. The van der Waals surface area contributed by atoms with E-state index in [-0.39, 0.29) is 19.7 Å². The van der Waals surface area contributed by atoms with Crippen LogP contribution in [0.3, 0.4) is 0 Å². The first-order valence-electron chi connectivity index (χ1n) is 8.29. The van der Waals surface area contributed by atoms with Crippen molar-refractivity contribution in [3.63, 3.8) is 0 Å². The van der Waals surface area contributed by atoms with Crippen molar-refractivity contribution in [1.82, 2.24) is 14.8 Å². The van der Waals surface area contributed by atoms with E-state index in [9.17, 15) is 19.2 Å². The molecule has 0 atom stereocenters. The van der Waals surface area contributed by atoms with Crippen LogP contribution in [0.4, 0.5) is 5.69 Å². The van der Waals surface area contributed by atoms with Gasteiger partial charge in [-0.05, 0) is 31.2 Å². The quantitative estimate of drug-likeness (QED) is 0.312. The van der Waals surface area contributed by atoms with Gasteiger partial charge in [0.05, 0.1) is 12.3 Å². The van der Waals surface area contributed by atoms with Gasteiger partial charge in [0.2, 0.25) is 11.8 Å². The summed E-state index contributed by atoms with van der Waals surface area (Å²) in [5.41, 5.74) is 0.880. The van der Waals surface area contributed by atoms with Gasteiger partial charge in [0, 0.05) is 19.7 Å². The number of piperazine rings is 1. The zero-order chi connectivity index (χ0) is 20.0. The monoisotopic (exact) mass is 375 g/mol. The number of imide groups is 1. The van der Waals surface area contributed by atoms with Gasteiger partial charge in [-0.25, -0.2) is 0 Å². The van der Waals surface area contributed by atoms with Gasteiger partial charge in [0.1, 0.15) is 19.6 Å². The first kappa shape index (κ1) is 20.0. The number of esters is 1. The molecule has 0 N–H and O–H groups in total. The topological polar surface area (TPSA) is 112 Å². The minimum Gasteiger partial charge on any atom is -0.465 e. The van der Waals surface area contributed by atoms with Crippen LogP contribution in [0.1, 0.15) is 17.3 Å². The zero-order valence-corrected chi connectivity index (χ0v) is 15.4. The van der Waals surface area contributed by atoms with Gasteiger partial charge in [-0.3, -0.25) is 29.1 Å². The summed E-state index contributed by atoms with van der Waals surface area (Å²) in [6.45, 7) is 0.770. The Morgan fingerprint density at radius 1 is 1.11 bits per heavy atom. The first-order valence-corrected chi connectivity index (χ1v) is 8.29. The van der Waals surface area contributed by atoms with Gasteiger partial charge in [0.25, 0.3) is 5.91 Å². The molecule has 1 aliphatic heterocycles. The fourth-order valence-electron chi connectivity index (χ4n) is 2.34. The van der Waals surface area contributed by atoms with E-state index in [4.69, 9.17) is 4.74 Å². The Labute approximate surface area is 156 Å². The lowest BCUT2D eigenvalue weighted by atomic mass is 10.1. The standard InChI is InChI=1S/C17H21N5O5/c1-4-27-16(25)11-22-14(23)9-21(10-15(22)24)17(26)12-5-7-13(8-6-12)18-19-20(2)3/h5-8H,4,9-11H2,1-3H3. The Balaban J connectivity index is 2.03. The molecule has 0 saturated carbocycles. The average molecular weight is 375 g/mol. The van der Waals surface area contributed by atoms with Gasteiger partial charge in [-0.2, -0.15) is 0 Å². The molecule has 144 valence electrons. The van der Waals surface area contributed by atoms with Crippen LogP contribution in [0, 0.1) is 0 Å². The van der Waals surface area contributed by atoms with Crippen LogP contribution in [0.15, 0.2) is 34.6 Å². The van der Waals surface area contributed by atoms with Crippen molar-refractivity contribution in [2.24, 2.45) is 10.3 Å². The third-order valence-corrected chi connectivity index (χ3v) is 3.59. The Bertz CT molecular complexity index is 741. The summed E-state index contributed by atoms with van der Waals surface area (Å²) in [6, 6.07) is 6.32. The van der Waals surface area contributed by atoms with Gasteiger partial charge in [0.15, 0.2) is 0 Å². The van der Waals surface area contributed by atoms with Crippen LogP contribution in [0.5, 0.6) is 0 Å². The van der Waals surface area contributed by atoms with Gasteiger partial charge >= 0.3 is 5.97 Å². The smallest absolute Gasteiger partial charge is 0.326 e. The number of benzene rings is 1. The van der Waals surface area contributed by atoms with E-state index in [0.29, 0.717) is 11.3 Å². The molecule has 1 saturated heterocycles. The van der Waals surface area contributed by atoms with Gasteiger partial charge in [-0.15, -0.1) is 5.11 Å². The highest BCUT2D eigenvalue weighted by Crippen LogP contribution is 2.16. The summed E-state index contributed by atoms with van der Waals surface area (Å²) in [4.78, 5) is 50.3.